The Kier molecular flexibility index (Phi) is 7.04. The van der Waals surface area contributed by atoms with Crippen LogP contribution in [-0.2, 0) is 9.36 Å². The van der Waals surface area contributed by atoms with Gasteiger partial charge in [-0.05, 0) is 30.2 Å². The maximum absolute atomic E-state index is 14.0. The molecule has 12 heteroatoms. The monoisotopic (exact) mass is 487 g/mol. The summed E-state index contributed by atoms with van der Waals surface area (Å²) >= 11 is 0. The highest BCUT2D eigenvalue weighted by Gasteiger charge is 2.38. The molecule has 2 unspecified atom stereocenters. The molecule has 0 saturated heterocycles. The van der Waals surface area contributed by atoms with Crippen LogP contribution in [0.5, 0.6) is 11.5 Å². The maximum Gasteiger partial charge on any atom is 0.513 e. The Morgan fingerprint density at radius 1 is 0.818 bits per heavy atom. The number of hydrogen-bond donors (Lipinski definition) is 2. The number of rotatable bonds is 8. The molecule has 0 saturated carbocycles. The van der Waals surface area contributed by atoms with Crippen LogP contribution in [0, 0.1) is 29.1 Å². The molecule has 174 valence electrons. The van der Waals surface area contributed by atoms with Gasteiger partial charge in [0.05, 0.1) is 0 Å². The number of carboxylic acid groups (broad SMARTS) is 1. The zero-order chi connectivity index (χ0) is 24.3. The fourth-order valence-corrected chi connectivity index (χ4v) is 4.15. The van der Waals surface area contributed by atoms with E-state index in [0.29, 0.717) is 5.56 Å². The van der Waals surface area contributed by atoms with Crippen molar-refractivity contribution in [2.24, 2.45) is 0 Å². The predicted molar refractivity (Wildman–Crippen MR) is 107 cm³/mol. The molecule has 2 atom stereocenters. The largest absolute Gasteiger partial charge is 0.513 e. The van der Waals surface area contributed by atoms with Crippen molar-refractivity contribution >= 4 is 13.7 Å². The quantitative estimate of drug-likeness (QED) is 0.184. The average molecular weight is 487 g/mol. The molecule has 3 rings (SSSR count). The van der Waals surface area contributed by atoms with Crippen molar-refractivity contribution in [2.45, 2.75) is 13.0 Å². The van der Waals surface area contributed by atoms with Crippen molar-refractivity contribution in [2.75, 3.05) is 0 Å². The van der Waals surface area contributed by atoms with Crippen LogP contribution in [0.1, 0.15) is 6.92 Å². The second-order valence-electron chi connectivity index (χ2n) is 6.66. The van der Waals surface area contributed by atoms with E-state index in [0.717, 1.165) is 12.5 Å². The molecule has 0 aromatic heterocycles. The highest BCUT2D eigenvalue weighted by Crippen LogP contribution is 2.47. The summed E-state index contributed by atoms with van der Waals surface area (Å²) in [4.78, 5) is 11.2. The minimum Gasteiger partial charge on any atom is -0.480 e. The van der Waals surface area contributed by atoms with Crippen LogP contribution in [0.15, 0.2) is 54.6 Å². The molecular formula is C21H15F5NO5P. The number of halogens is 5. The molecule has 0 heterocycles. The van der Waals surface area contributed by atoms with Gasteiger partial charge in [-0.3, -0.25) is 4.79 Å². The van der Waals surface area contributed by atoms with Crippen LogP contribution in [0.4, 0.5) is 22.0 Å². The molecule has 0 aliphatic rings. The first kappa shape index (κ1) is 24.2. The molecule has 6 nitrogen and oxygen atoms in total. The van der Waals surface area contributed by atoms with Crippen LogP contribution < -0.4 is 14.1 Å². The van der Waals surface area contributed by atoms with E-state index in [9.17, 15) is 31.3 Å². The lowest BCUT2D eigenvalue weighted by atomic mass is 10.1. The van der Waals surface area contributed by atoms with Gasteiger partial charge in [0.2, 0.25) is 34.8 Å². The molecule has 0 fully saturated rings. The third-order valence-corrected chi connectivity index (χ3v) is 5.87. The highest BCUT2D eigenvalue weighted by atomic mass is 31.2. The van der Waals surface area contributed by atoms with E-state index in [2.05, 4.69) is 4.52 Å². The lowest BCUT2D eigenvalue weighted by Gasteiger charge is -2.23. The second kappa shape index (κ2) is 9.60. The molecule has 0 radical (unpaired) electrons. The summed E-state index contributed by atoms with van der Waals surface area (Å²) < 4.78 is 91.3. The van der Waals surface area contributed by atoms with Crippen LogP contribution in [0.25, 0.3) is 11.1 Å². The second-order valence-corrected chi connectivity index (χ2v) is 8.28. The Morgan fingerprint density at radius 2 is 1.30 bits per heavy atom. The Hall–Kier alpha value is -3.43. The van der Waals surface area contributed by atoms with Crippen molar-refractivity contribution < 1.29 is 45.5 Å². The minimum absolute atomic E-state index is 0.202. The highest BCUT2D eigenvalue weighted by molar-refractivity contribution is 7.52. The number of hydrogen-bond acceptors (Lipinski definition) is 4. The van der Waals surface area contributed by atoms with Crippen molar-refractivity contribution in [3.05, 3.63) is 83.7 Å². The average Bonchev–Trinajstić information content (AvgIpc) is 2.80. The summed E-state index contributed by atoms with van der Waals surface area (Å²) in [7, 11) is -5.04. The van der Waals surface area contributed by atoms with Crippen molar-refractivity contribution in [3.63, 3.8) is 0 Å². The van der Waals surface area contributed by atoms with E-state index in [-0.39, 0.29) is 5.75 Å². The normalized spacial score (nSPS) is 13.8. The Labute approximate surface area is 184 Å². The summed E-state index contributed by atoms with van der Waals surface area (Å²) in [5.41, 5.74) is 1.54. The van der Waals surface area contributed by atoms with Crippen LogP contribution in [-0.4, -0.2) is 17.1 Å². The molecule has 33 heavy (non-hydrogen) atoms. The first-order valence-electron chi connectivity index (χ1n) is 9.19. The van der Waals surface area contributed by atoms with Gasteiger partial charge in [-0.2, -0.15) is 13.9 Å². The smallest absolute Gasteiger partial charge is 0.480 e. The van der Waals surface area contributed by atoms with E-state index < -0.39 is 54.6 Å². The van der Waals surface area contributed by atoms with Gasteiger partial charge in [0.1, 0.15) is 11.8 Å². The van der Waals surface area contributed by atoms with Gasteiger partial charge in [0.15, 0.2) is 0 Å². The van der Waals surface area contributed by atoms with E-state index in [1.54, 1.807) is 12.1 Å². The Morgan fingerprint density at radius 3 is 1.82 bits per heavy atom. The van der Waals surface area contributed by atoms with Gasteiger partial charge in [-0.25, -0.2) is 17.7 Å². The van der Waals surface area contributed by atoms with Crippen LogP contribution in [0.2, 0.25) is 0 Å². The summed E-state index contributed by atoms with van der Waals surface area (Å²) in [5, 5.41) is 10.9. The Bertz CT molecular complexity index is 1190. The number of nitrogens with one attached hydrogen (secondary N) is 1. The van der Waals surface area contributed by atoms with Crippen molar-refractivity contribution in [1.29, 1.82) is 0 Å². The third kappa shape index (κ3) is 5.32. The summed E-state index contributed by atoms with van der Waals surface area (Å²) in [6.07, 6.45) is 0. The van der Waals surface area contributed by atoms with Gasteiger partial charge in [0, 0.05) is 0 Å². The number of aliphatic carboxylic acids is 1. The maximum atomic E-state index is 14.0. The summed E-state index contributed by atoms with van der Waals surface area (Å²) in [5.74, 6) is -15.6. The molecule has 0 aliphatic heterocycles. The molecule has 2 N–H and O–H groups in total. The predicted octanol–water partition coefficient (Wildman–Crippen LogP) is 5.68. The molecule has 0 bridgehead atoms. The molecule has 3 aromatic rings. The van der Waals surface area contributed by atoms with E-state index >= 15 is 0 Å². The first-order valence-corrected chi connectivity index (χ1v) is 10.7. The lowest BCUT2D eigenvalue weighted by Crippen LogP contribution is -2.34. The molecule has 0 aliphatic carbocycles. The lowest BCUT2D eigenvalue weighted by molar-refractivity contribution is -0.138. The third-order valence-electron chi connectivity index (χ3n) is 4.29. The SMILES string of the molecule is CC(NP(=O)(Oc1ccc(-c2ccccc2)cc1)Oc1c(F)c(F)c(F)c(F)c1F)C(=O)O. The van der Waals surface area contributed by atoms with Gasteiger partial charge >= 0.3 is 13.7 Å². The minimum atomic E-state index is -5.04. The van der Waals surface area contributed by atoms with Crippen molar-refractivity contribution in [3.8, 4) is 22.6 Å². The summed E-state index contributed by atoms with van der Waals surface area (Å²) in [6, 6.07) is 13.0. The van der Waals surface area contributed by atoms with Gasteiger partial charge in [-0.1, -0.05) is 42.5 Å². The fraction of sp³-hybridized carbons (Fsp3) is 0.0952. The zero-order valence-corrected chi connectivity index (χ0v) is 17.6. The van der Waals surface area contributed by atoms with Gasteiger partial charge in [-0.15, -0.1) is 0 Å². The molecule has 0 amide bonds. The number of benzene rings is 3. The van der Waals surface area contributed by atoms with Crippen molar-refractivity contribution in [1.82, 2.24) is 5.09 Å². The van der Waals surface area contributed by atoms with Crippen LogP contribution in [0.3, 0.4) is 0 Å². The molecule has 3 aromatic carbocycles. The summed E-state index contributed by atoms with van der Waals surface area (Å²) in [6.45, 7) is 0.999. The topological polar surface area (TPSA) is 84.9 Å². The zero-order valence-electron chi connectivity index (χ0n) is 16.7. The number of carboxylic acids is 1. The first-order chi connectivity index (χ1) is 15.5. The Balaban J connectivity index is 1.97. The molecular weight excluding hydrogens is 472 g/mol. The van der Waals surface area contributed by atoms with Gasteiger partial charge in [0.25, 0.3) is 0 Å². The molecule has 0 spiro atoms. The van der Waals surface area contributed by atoms with E-state index in [4.69, 9.17) is 9.63 Å². The van der Waals surface area contributed by atoms with Crippen LogP contribution >= 0.6 is 7.75 Å². The number of carbonyl (C=O) groups is 1. The fourth-order valence-electron chi connectivity index (χ4n) is 2.63. The van der Waals surface area contributed by atoms with E-state index in [1.807, 2.05) is 23.3 Å². The van der Waals surface area contributed by atoms with E-state index in [1.165, 1.54) is 24.3 Å². The van der Waals surface area contributed by atoms with Gasteiger partial charge < -0.3 is 14.2 Å². The standard InChI is InChI=1S/C21H15F5NO5P/c1-11(21(28)29)27-33(30,32-20-18(25)16(23)15(22)17(24)19(20)26)31-14-9-7-13(8-10-14)12-5-3-2-4-6-12/h2-11H,1H3,(H,27,30)(H,28,29).